The first-order valence-electron chi connectivity index (χ1n) is 8.87. The van der Waals surface area contributed by atoms with E-state index in [-0.39, 0.29) is 17.5 Å². The summed E-state index contributed by atoms with van der Waals surface area (Å²) in [7, 11) is 3.40. The van der Waals surface area contributed by atoms with Crippen LogP contribution < -0.4 is 10.1 Å². The van der Waals surface area contributed by atoms with Crippen LogP contribution in [0.4, 0.5) is 0 Å². The SMILES string of the molecule is COc1cc2c(cc1CNC(=O)c1cc3n(n1)CCN(C)C3=O)CCC2. The van der Waals surface area contributed by atoms with Gasteiger partial charge in [-0.3, -0.25) is 14.3 Å². The summed E-state index contributed by atoms with van der Waals surface area (Å²) in [6, 6.07) is 5.76. The van der Waals surface area contributed by atoms with Crippen LogP contribution in [0.3, 0.4) is 0 Å². The van der Waals surface area contributed by atoms with E-state index in [1.807, 2.05) is 0 Å². The molecule has 4 rings (SSSR count). The van der Waals surface area contributed by atoms with Gasteiger partial charge in [0.05, 0.1) is 13.7 Å². The number of carbonyl (C=O) groups is 2. The number of hydrogen-bond acceptors (Lipinski definition) is 4. The zero-order valence-electron chi connectivity index (χ0n) is 15.0. The molecule has 0 bridgehead atoms. The van der Waals surface area contributed by atoms with Crippen LogP contribution in [-0.4, -0.2) is 47.2 Å². The van der Waals surface area contributed by atoms with Gasteiger partial charge in [-0.2, -0.15) is 5.10 Å². The summed E-state index contributed by atoms with van der Waals surface area (Å²) in [6.07, 6.45) is 3.32. The molecule has 1 aromatic carbocycles. The highest BCUT2D eigenvalue weighted by Gasteiger charge is 2.25. The molecule has 2 heterocycles. The number of fused-ring (bicyclic) bond motifs is 2. The fraction of sp³-hybridized carbons (Fsp3) is 0.421. The fourth-order valence-corrected chi connectivity index (χ4v) is 3.66. The molecule has 1 aromatic heterocycles. The summed E-state index contributed by atoms with van der Waals surface area (Å²) in [6.45, 7) is 1.57. The van der Waals surface area contributed by atoms with Gasteiger partial charge in [0, 0.05) is 31.8 Å². The first-order valence-corrected chi connectivity index (χ1v) is 8.87. The first-order chi connectivity index (χ1) is 12.6. The van der Waals surface area contributed by atoms with Crippen molar-refractivity contribution in [3.8, 4) is 5.75 Å². The molecule has 1 N–H and O–H groups in total. The van der Waals surface area contributed by atoms with Gasteiger partial charge >= 0.3 is 0 Å². The molecule has 136 valence electrons. The zero-order chi connectivity index (χ0) is 18.3. The lowest BCUT2D eigenvalue weighted by molar-refractivity contribution is 0.0742. The van der Waals surface area contributed by atoms with Crippen LogP contribution >= 0.6 is 0 Å². The Kier molecular flexibility index (Phi) is 4.14. The number of amides is 2. The molecule has 0 fully saturated rings. The molecule has 0 spiro atoms. The Morgan fingerprint density at radius 3 is 2.77 bits per heavy atom. The van der Waals surface area contributed by atoms with Crippen LogP contribution in [0.25, 0.3) is 0 Å². The van der Waals surface area contributed by atoms with Gasteiger partial charge in [-0.05, 0) is 36.5 Å². The number of ether oxygens (including phenoxy) is 1. The van der Waals surface area contributed by atoms with Crippen molar-refractivity contribution in [1.29, 1.82) is 0 Å². The molecule has 0 unspecified atom stereocenters. The summed E-state index contributed by atoms with van der Waals surface area (Å²) in [5.41, 5.74) is 4.35. The predicted molar refractivity (Wildman–Crippen MR) is 95.4 cm³/mol. The van der Waals surface area contributed by atoms with E-state index >= 15 is 0 Å². The molecule has 7 nitrogen and oxygen atoms in total. The average Bonchev–Trinajstić information content (AvgIpc) is 3.28. The van der Waals surface area contributed by atoms with Crippen LogP contribution in [0.1, 0.15) is 44.1 Å². The van der Waals surface area contributed by atoms with Gasteiger partial charge < -0.3 is 15.0 Å². The number of hydrogen-bond donors (Lipinski definition) is 1. The molecular formula is C19H22N4O3. The molecule has 2 aliphatic rings. The Hall–Kier alpha value is -2.83. The summed E-state index contributed by atoms with van der Waals surface area (Å²) in [5.74, 6) is 0.403. The predicted octanol–water partition coefficient (Wildman–Crippen LogP) is 1.40. The highest BCUT2D eigenvalue weighted by Crippen LogP contribution is 2.29. The number of carbonyl (C=O) groups excluding carboxylic acids is 2. The molecule has 1 aliphatic carbocycles. The maximum atomic E-state index is 12.5. The van der Waals surface area contributed by atoms with E-state index in [2.05, 4.69) is 22.5 Å². The van der Waals surface area contributed by atoms with Crippen LogP contribution in [0.15, 0.2) is 18.2 Å². The number of methoxy groups -OCH3 is 1. The monoisotopic (exact) mass is 354 g/mol. The highest BCUT2D eigenvalue weighted by molar-refractivity contribution is 5.98. The molecule has 0 radical (unpaired) electrons. The Bertz CT molecular complexity index is 887. The van der Waals surface area contributed by atoms with Crippen molar-refractivity contribution in [2.24, 2.45) is 0 Å². The minimum atomic E-state index is -0.287. The summed E-state index contributed by atoms with van der Waals surface area (Å²) < 4.78 is 7.08. The Balaban J connectivity index is 1.50. The fourth-order valence-electron chi connectivity index (χ4n) is 3.66. The molecule has 0 saturated carbocycles. The highest BCUT2D eigenvalue weighted by atomic mass is 16.5. The van der Waals surface area contributed by atoms with E-state index in [9.17, 15) is 9.59 Å². The quantitative estimate of drug-likeness (QED) is 0.900. The number of nitrogens with zero attached hydrogens (tertiary/aromatic N) is 3. The van der Waals surface area contributed by atoms with E-state index in [1.54, 1.807) is 29.8 Å². The lowest BCUT2D eigenvalue weighted by Crippen LogP contribution is -2.37. The number of benzene rings is 1. The van der Waals surface area contributed by atoms with E-state index < -0.39 is 0 Å². The lowest BCUT2D eigenvalue weighted by Gasteiger charge is -2.22. The molecule has 2 aromatic rings. The smallest absolute Gasteiger partial charge is 0.272 e. The van der Waals surface area contributed by atoms with Gasteiger partial charge in [-0.15, -0.1) is 0 Å². The summed E-state index contributed by atoms with van der Waals surface area (Å²) in [5, 5.41) is 7.17. The van der Waals surface area contributed by atoms with Crippen LogP contribution in [0, 0.1) is 0 Å². The maximum absolute atomic E-state index is 12.5. The molecule has 2 amide bonds. The third kappa shape index (κ3) is 2.83. The lowest BCUT2D eigenvalue weighted by atomic mass is 10.0. The van der Waals surface area contributed by atoms with Crippen molar-refractivity contribution in [1.82, 2.24) is 20.0 Å². The number of aromatic nitrogens is 2. The van der Waals surface area contributed by atoms with Crippen LogP contribution in [0.2, 0.25) is 0 Å². The third-order valence-corrected chi connectivity index (χ3v) is 5.16. The van der Waals surface area contributed by atoms with Crippen molar-refractivity contribution < 1.29 is 14.3 Å². The molecule has 0 saturated heterocycles. The average molecular weight is 354 g/mol. The number of nitrogens with one attached hydrogen (secondary N) is 1. The summed E-state index contributed by atoms with van der Waals surface area (Å²) >= 11 is 0. The zero-order valence-corrected chi connectivity index (χ0v) is 15.0. The van der Waals surface area contributed by atoms with Crippen LogP contribution in [0.5, 0.6) is 5.75 Å². The molecule has 26 heavy (non-hydrogen) atoms. The third-order valence-electron chi connectivity index (χ3n) is 5.16. The molecule has 0 atom stereocenters. The number of likely N-dealkylation sites (N-methyl/N-ethyl adjacent to an activating group) is 1. The Labute approximate surface area is 151 Å². The summed E-state index contributed by atoms with van der Waals surface area (Å²) in [4.78, 5) is 26.3. The second-order valence-electron chi connectivity index (χ2n) is 6.83. The minimum Gasteiger partial charge on any atom is -0.496 e. The van der Waals surface area contributed by atoms with Crippen molar-refractivity contribution in [2.75, 3.05) is 20.7 Å². The van der Waals surface area contributed by atoms with Crippen molar-refractivity contribution >= 4 is 11.8 Å². The Morgan fingerprint density at radius 2 is 2.00 bits per heavy atom. The molecule has 7 heteroatoms. The van der Waals surface area contributed by atoms with Gasteiger partial charge in [0.2, 0.25) is 0 Å². The van der Waals surface area contributed by atoms with Crippen LogP contribution in [-0.2, 0) is 25.9 Å². The standard InChI is InChI=1S/C19H22N4O3/c1-22-6-7-23-16(19(22)25)10-15(21-23)18(24)20-11-14-8-12-4-3-5-13(12)9-17(14)26-2/h8-10H,3-7,11H2,1-2H3,(H,20,24). The molecular weight excluding hydrogens is 332 g/mol. The second-order valence-corrected chi connectivity index (χ2v) is 6.83. The largest absolute Gasteiger partial charge is 0.496 e. The van der Waals surface area contributed by atoms with E-state index in [0.29, 0.717) is 25.3 Å². The Morgan fingerprint density at radius 1 is 1.23 bits per heavy atom. The van der Waals surface area contributed by atoms with Crippen molar-refractivity contribution in [3.63, 3.8) is 0 Å². The van der Waals surface area contributed by atoms with E-state index in [1.165, 1.54) is 11.1 Å². The van der Waals surface area contributed by atoms with Gasteiger partial charge in [0.1, 0.15) is 11.4 Å². The van der Waals surface area contributed by atoms with Gasteiger partial charge in [0.25, 0.3) is 11.8 Å². The normalized spacial score (nSPS) is 15.6. The van der Waals surface area contributed by atoms with Crippen molar-refractivity contribution in [3.05, 3.63) is 46.3 Å². The van der Waals surface area contributed by atoms with E-state index in [0.717, 1.165) is 30.6 Å². The van der Waals surface area contributed by atoms with Crippen molar-refractivity contribution in [2.45, 2.75) is 32.4 Å². The topological polar surface area (TPSA) is 76.5 Å². The van der Waals surface area contributed by atoms with E-state index in [4.69, 9.17) is 4.74 Å². The minimum absolute atomic E-state index is 0.108. The first kappa shape index (κ1) is 16.6. The van der Waals surface area contributed by atoms with Gasteiger partial charge in [-0.1, -0.05) is 6.07 Å². The number of rotatable bonds is 4. The maximum Gasteiger partial charge on any atom is 0.272 e. The molecule has 1 aliphatic heterocycles. The second kappa shape index (κ2) is 6.48. The van der Waals surface area contributed by atoms with Gasteiger partial charge in [0.15, 0.2) is 5.69 Å². The number of aryl methyl sites for hydroxylation is 2. The van der Waals surface area contributed by atoms with Gasteiger partial charge in [-0.25, -0.2) is 0 Å².